The van der Waals surface area contributed by atoms with Crippen molar-refractivity contribution in [3.8, 4) is 22.9 Å². The van der Waals surface area contributed by atoms with E-state index in [9.17, 15) is 19.6 Å². The number of nitrogens with zero attached hydrogens (tertiary/aromatic N) is 4. The molecule has 0 spiro atoms. The number of carbonyl (C=O) groups excluding carboxylic acids is 2. The lowest BCUT2D eigenvalue weighted by molar-refractivity contribution is -0.121. The lowest BCUT2D eigenvalue weighted by Gasteiger charge is -2.21. The molecule has 0 aliphatic heterocycles. The number of ketones is 1. The number of primary amides is 1. The second-order valence-electron chi connectivity index (χ2n) is 8.44. The molecule has 0 aliphatic carbocycles. The number of ether oxygens (including phenoxy) is 1. The predicted molar refractivity (Wildman–Crippen MR) is 141 cm³/mol. The number of amides is 1. The highest BCUT2D eigenvalue weighted by molar-refractivity contribution is 6.31. The first kappa shape index (κ1) is 26.3. The largest absolute Gasteiger partial charge is 0.495 e. The molecule has 1 aromatic carbocycles. The minimum Gasteiger partial charge on any atom is -0.495 e. The summed E-state index contributed by atoms with van der Waals surface area (Å²) in [6, 6.07) is 13.9. The molecule has 4 rings (SSSR count). The van der Waals surface area contributed by atoms with Gasteiger partial charge in [0.2, 0.25) is 0 Å². The van der Waals surface area contributed by atoms with Crippen molar-refractivity contribution in [1.29, 1.82) is 5.26 Å². The van der Waals surface area contributed by atoms with Crippen molar-refractivity contribution in [2.45, 2.75) is 18.9 Å². The number of Topliss-reactive ketones (excluding diaryl/α,β-unsaturated/α-hetero) is 1. The Hall–Kier alpha value is -4.81. The molecule has 1 atom stereocenters. The fourth-order valence-electron chi connectivity index (χ4n) is 4.09. The fraction of sp³-hybridized carbons (Fsp3) is 0.143. The van der Waals surface area contributed by atoms with E-state index in [1.54, 1.807) is 48.8 Å². The van der Waals surface area contributed by atoms with Crippen LogP contribution in [-0.4, -0.2) is 33.3 Å². The van der Waals surface area contributed by atoms with Crippen molar-refractivity contribution in [2.75, 3.05) is 7.11 Å². The van der Waals surface area contributed by atoms with Crippen LogP contribution in [0.5, 0.6) is 5.75 Å². The van der Waals surface area contributed by atoms with Crippen molar-refractivity contribution >= 4 is 23.3 Å². The van der Waals surface area contributed by atoms with Gasteiger partial charge >= 0.3 is 0 Å². The Morgan fingerprint density at radius 2 is 1.87 bits per heavy atom. The molecule has 38 heavy (non-hydrogen) atoms. The molecule has 0 saturated carbocycles. The van der Waals surface area contributed by atoms with Crippen LogP contribution in [0.2, 0.25) is 5.02 Å². The van der Waals surface area contributed by atoms with Crippen LogP contribution in [0.15, 0.2) is 78.1 Å². The van der Waals surface area contributed by atoms with E-state index >= 15 is 0 Å². The molecule has 9 nitrogen and oxygen atoms in total. The summed E-state index contributed by atoms with van der Waals surface area (Å²) in [4.78, 5) is 46.4. The van der Waals surface area contributed by atoms with Crippen LogP contribution < -0.4 is 16.0 Å². The summed E-state index contributed by atoms with van der Waals surface area (Å²) >= 11 is 6.16. The highest BCUT2D eigenvalue weighted by atomic mass is 35.5. The molecule has 3 aromatic heterocycles. The van der Waals surface area contributed by atoms with Gasteiger partial charge in [0.25, 0.3) is 11.5 Å². The summed E-state index contributed by atoms with van der Waals surface area (Å²) in [5, 5.41) is 9.97. The topological polar surface area (TPSA) is 141 Å². The lowest BCUT2D eigenvalue weighted by Crippen LogP contribution is -2.32. The van der Waals surface area contributed by atoms with E-state index in [1.807, 2.05) is 0 Å². The van der Waals surface area contributed by atoms with Gasteiger partial charge in [0.05, 0.1) is 31.0 Å². The van der Waals surface area contributed by atoms with Gasteiger partial charge in [-0.15, -0.1) is 0 Å². The van der Waals surface area contributed by atoms with E-state index in [-0.39, 0.29) is 24.3 Å². The second-order valence-corrected chi connectivity index (χ2v) is 8.87. The van der Waals surface area contributed by atoms with Crippen molar-refractivity contribution in [3.05, 3.63) is 111 Å². The molecule has 4 aromatic rings. The van der Waals surface area contributed by atoms with E-state index in [1.165, 1.54) is 36.2 Å². The van der Waals surface area contributed by atoms with Gasteiger partial charge in [0, 0.05) is 53.6 Å². The quantitative estimate of drug-likeness (QED) is 0.351. The smallest absolute Gasteiger partial charge is 0.267 e. The van der Waals surface area contributed by atoms with Gasteiger partial charge in [0.15, 0.2) is 5.78 Å². The summed E-state index contributed by atoms with van der Waals surface area (Å²) in [6.45, 7) is 0. The molecule has 1 unspecified atom stereocenters. The highest BCUT2D eigenvalue weighted by Gasteiger charge is 2.25. The second kappa shape index (κ2) is 11.5. The number of nitriles is 1. The van der Waals surface area contributed by atoms with Crippen LogP contribution in [0, 0.1) is 11.3 Å². The summed E-state index contributed by atoms with van der Waals surface area (Å²) in [5.41, 5.74) is 7.39. The van der Waals surface area contributed by atoms with Gasteiger partial charge in [-0.05, 0) is 47.5 Å². The number of pyridine rings is 3. The number of rotatable bonds is 9. The number of benzene rings is 1. The van der Waals surface area contributed by atoms with E-state index in [2.05, 4.69) is 16.0 Å². The Labute approximate surface area is 223 Å². The van der Waals surface area contributed by atoms with E-state index < -0.39 is 17.5 Å². The van der Waals surface area contributed by atoms with Gasteiger partial charge in [-0.25, -0.2) is 0 Å². The van der Waals surface area contributed by atoms with Crippen LogP contribution in [0.25, 0.3) is 11.1 Å². The molecule has 1 amide bonds. The number of carbonyl (C=O) groups is 2. The molecule has 0 saturated heterocycles. The monoisotopic (exact) mass is 527 g/mol. The number of hydrogen-bond acceptors (Lipinski definition) is 7. The number of hydrogen-bond donors (Lipinski definition) is 1. The highest BCUT2D eigenvalue weighted by Crippen LogP contribution is 2.33. The first-order valence-corrected chi connectivity index (χ1v) is 11.8. The summed E-state index contributed by atoms with van der Waals surface area (Å²) in [5.74, 6) is -0.632. The van der Waals surface area contributed by atoms with Crippen LogP contribution in [0.1, 0.15) is 33.2 Å². The van der Waals surface area contributed by atoms with Gasteiger partial charge in [-0.3, -0.25) is 24.4 Å². The third kappa shape index (κ3) is 5.77. The molecule has 0 aliphatic rings. The third-order valence-corrected chi connectivity index (χ3v) is 6.23. The van der Waals surface area contributed by atoms with Crippen LogP contribution in [-0.2, 0) is 17.6 Å². The number of aromatic nitrogens is 3. The molecule has 0 fully saturated rings. The number of nitrogens with two attached hydrogens (primary N) is 1. The molecular formula is C28H22ClN5O4. The molecular weight excluding hydrogens is 506 g/mol. The maximum Gasteiger partial charge on any atom is 0.267 e. The third-order valence-electron chi connectivity index (χ3n) is 6.00. The summed E-state index contributed by atoms with van der Waals surface area (Å²) in [6.07, 6.45) is 6.29. The lowest BCUT2D eigenvalue weighted by atomic mass is 9.97. The van der Waals surface area contributed by atoms with Crippen molar-refractivity contribution in [1.82, 2.24) is 14.5 Å². The fourth-order valence-corrected chi connectivity index (χ4v) is 4.26. The van der Waals surface area contributed by atoms with Crippen molar-refractivity contribution < 1.29 is 14.3 Å². The average molecular weight is 528 g/mol. The Kier molecular flexibility index (Phi) is 7.94. The first-order valence-electron chi connectivity index (χ1n) is 11.5. The minimum absolute atomic E-state index is 0.0365. The standard InChI is InChI=1S/C28H22ClN5O4/c1-38-26-16-34(27(36)13-22(26)21-12-20(29)4-3-19(21)14-30)24(10-17-6-8-32-9-7-17)25(35)11-18-2-5-23(28(31)37)33-15-18/h2-9,12-13,15-16,24H,10-11H2,1H3,(H2,31,37). The number of halogens is 1. The van der Waals surface area contributed by atoms with E-state index in [0.717, 1.165) is 5.56 Å². The molecule has 0 bridgehead atoms. The Balaban J connectivity index is 1.78. The van der Waals surface area contributed by atoms with Gasteiger partial charge in [-0.2, -0.15) is 5.26 Å². The Morgan fingerprint density at radius 3 is 2.50 bits per heavy atom. The van der Waals surface area contributed by atoms with Crippen LogP contribution >= 0.6 is 11.6 Å². The summed E-state index contributed by atoms with van der Waals surface area (Å²) in [7, 11) is 1.44. The Bertz CT molecular complexity index is 1590. The molecule has 190 valence electrons. The van der Waals surface area contributed by atoms with Gasteiger partial charge < -0.3 is 15.0 Å². The molecule has 3 heterocycles. The minimum atomic E-state index is -0.890. The Morgan fingerprint density at radius 1 is 1.11 bits per heavy atom. The van der Waals surface area contributed by atoms with Crippen LogP contribution in [0.4, 0.5) is 0 Å². The van der Waals surface area contributed by atoms with Gasteiger partial charge in [0.1, 0.15) is 11.4 Å². The van der Waals surface area contributed by atoms with E-state index in [0.29, 0.717) is 33.0 Å². The van der Waals surface area contributed by atoms with Gasteiger partial charge in [-0.1, -0.05) is 17.7 Å². The first-order chi connectivity index (χ1) is 18.3. The van der Waals surface area contributed by atoms with E-state index in [4.69, 9.17) is 22.1 Å². The van der Waals surface area contributed by atoms with Crippen LogP contribution in [0.3, 0.4) is 0 Å². The number of methoxy groups -OCH3 is 1. The van der Waals surface area contributed by atoms with Crippen molar-refractivity contribution in [2.24, 2.45) is 5.73 Å². The maximum atomic E-state index is 13.6. The predicted octanol–water partition coefficient (Wildman–Crippen LogP) is 3.53. The zero-order chi connectivity index (χ0) is 27.2. The summed E-state index contributed by atoms with van der Waals surface area (Å²) < 4.78 is 6.91. The molecule has 0 radical (unpaired) electrons. The average Bonchev–Trinajstić information content (AvgIpc) is 2.92. The molecule has 2 N–H and O–H groups in total. The normalized spacial score (nSPS) is 11.4. The maximum absolute atomic E-state index is 13.6. The zero-order valence-electron chi connectivity index (χ0n) is 20.3. The van der Waals surface area contributed by atoms with Crippen molar-refractivity contribution in [3.63, 3.8) is 0 Å². The SMILES string of the molecule is COc1cn(C(Cc2ccncc2)C(=O)Cc2ccc(C(N)=O)nc2)c(=O)cc1-c1cc(Cl)ccc1C#N. The zero-order valence-corrected chi connectivity index (χ0v) is 21.1. The molecule has 10 heteroatoms.